The largest absolute Gasteiger partial charge is 0.481 e. The molecular weight excluding hydrogens is 240 g/mol. The Morgan fingerprint density at radius 1 is 1.42 bits per heavy atom. The van der Waals surface area contributed by atoms with Gasteiger partial charge in [0.2, 0.25) is 0 Å². The number of aliphatic carboxylic acids is 1. The molecule has 1 aromatic heterocycles. The van der Waals surface area contributed by atoms with E-state index in [1.54, 1.807) is 0 Å². The van der Waals surface area contributed by atoms with Crippen molar-refractivity contribution in [2.75, 3.05) is 18.0 Å². The Bertz CT molecular complexity index is 633. The van der Waals surface area contributed by atoms with Gasteiger partial charge in [0, 0.05) is 24.4 Å². The average Bonchev–Trinajstić information content (AvgIpc) is 2.32. The molecule has 4 nitrogen and oxygen atoms in total. The fraction of sp³-hybridized carbons (Fsp3) is 0.333. The van der Waals surface area contributed by atoms with Crippen LogP contribution in [-0.2, 0) is 4.79 Å². The van der Waals surface area contributed by atoms with Gasteiger partial charge in [-0.1, -0.05) is 18.2 Å². The van der Waals surface area contributed by atoms with Crippen molar-refractivity contribution in [2.45, 2.75) is 13.3 Å². The van der Waals surface area contributed by atoms with Gasteiger partial charge in [-0.05, 0) is 24.6 Å². The van der Waals surface area contributed by atoms with Crippen LogP contribution in [0.5, 0.6) is 0 Å². The molecule has 0 amide bonds. The van der Waals surface area contributed by atoms with Crippen LogP contribution < -0.4 is 4.90 Å². The molecule has 3 rings (SSSR count). The van der Waals surface area contributed by atoms with Crippen molar-refractivity contribution in [3.8, 4) is 0 Å². The molecule has 2 heterocycles. The Hall–Kier alpha value is -2.10. The van der Waals surface area contributed by atoms with Gasteiger partial charge in [0.25, 0.3) is 0 Å². The summed E-state index contributed by atoms with van der Waals surface area (Å²) in [4.78, 5) is 17.5. The summed E-state index contributed by atoms with van der Waals surface area (Å²) in [5.74, 6) is 0.526. The van der Waals surface area contributed by atoms with Gasteiger partial charge >= 0.3 is 5.97 Å². The first-order chi connectivity index (χ1) is 9.13. The van der Waals surface area contributed by atoms with Crippen molar-refractivity contribution >= 4 is 22.7 Å². The molecule has 0 radical (unpaired) electrons. The van der Waals surface area contributed by atoms with Gasteiger partial charge in [0.15, 0.2) is 0 Å². The van der Waals surface area contributed by atoms with Crippen molar-refractivity contribution in [1.29, 1.82) is 0 Å². The Labute approximate surface area is 111 Å². The van der Waals surface area contributed by atoms with Crippen molar-refractivity contribution < 1.29 is 9.90 Å². The predicted octanol–water partition coefficient (Wildman–Crippen LogP) is 2.45. The third-order valence-corrected chi connectivity index (χ3v) is 3.61. The minimum absolute atomic E-state index is 0.253. The van der Waals surface area contributed by atoms with E-state index in [1.165, 1.54) is 0 Å². The lowest BCUT2D eigenvalue weighted by molar-refractivity contribution is -0.138. The summed E-state index contributed by atoms with van der Waals surface area (Å²) >= 11 is 0. The first-order valence-corrected chi connectivity index (χ1v) is 6.46. The second-order valence-corrected chi connectivity index (χ2v) is 5.19. The summed E-state index contributed by atoms with van der Waals surface area (Å²) in [7, 11) is 0. The Balaban J connectivity index is 1.82. The number of carboxylic acids is 1. The van der Waals surface area contributed by atoms with E-state index in [4.69, 9.17) is 5.11 Å². The fourth-order valence-electron chi connectivity index (χ4n) is 2.65. The van der Waals surface area contributed by atoms with E-state index < -0.39 is 5.97 Å². The second-order valence-electron chi connectivity index (χ2n) is 5.19. The standard InChI is InChI=1S/C15H16N2O2/c1-10-6-12-4-2-3-5-13(12)16-15(10)17-8-11(9-17)7-14(18)19/h2-6,11H,7-9H2,1H3,(H,18,19). The van der Waals surface area contributed by atoms with E-state index in [-0.39, 0.29) is 12.3 Å². The highest BCUT2D eigenvalue weighted by molar-refractivity contribution is 5.82. The first-order valence-electron chi connectivity index (χ1n) is 6.46. The molecule has 0 atom stereocenters. The molecule has 1 saturated heterocycles. The molecular formula is C15H16N2O2. The number of fused-ring (bicyclic) bond motifs is 1. The monoisotopic (exact) mass is 256 g/mol. The van der Waals surface area contributed by atoms with Crippen LogP contribution in [0, 0.1) is 12.8 Å². The number of aryl methyl sites for hydroxylation is 1. The molecule has 1 N–H and O–H groups in total. The molecule has 1 fully saturated rings. The molecule has 0 bridgehead atoms. The maximum atomic E-state index is 10.7. The lowest BCUT2D eigenvalue weighted by Crippen LogP contribution is -2.48. The lowest BCUT2D eigenvalue weighted by Gasteiger charge is -2.40. The van der Waals surface area contributed by atoms with Gasteiger partial charge in [-0.2, -0.15) is 0 Å². The smallest absolute Gasteiger partial charge is 0.303 e. The highest BCUT2D eigenvalue weighted by atomic mass is 16.4. The van der Waals surface area contributed by atoms with Crippen LogP contribution in [0.3, 0.4) is 0 Å². The van der Waals surface area contributed by atoms with E-state index in [0.717, 1.165) is 35.4 Å². The van der Waals surface area contributed by atoms with E-state index in [1.807, 2.05) is 18.2 Å². The number of hydrogen-bond acceptors (Lipinski definition) is 3. The molecule has 2 aromatic rings. The minimum Gasteiger partial charge on any atom is -0.481 e. The predicted molar refractivity (Wildman–Crippen MR) is 74.4 cm³/mol. The zero-order valence-electron chi connectivity index (χ0n) is 10.8. The molecule has 4 heteroatoms. The summed E-state index contributed by atoms with van der Waals surface area (Å²) in [6.45, 7) is 3.64. The summed E-state index contributed by atoms with van der Waals surface area (Å²) < 4.78 is 0. The number of para-hydroxylation sites is 1. The maximum absolute atomic E-state index is 10.7. The third kappa shape index (κ3) is 2.26. The van der Waals surface area contributed by atoms with Crippen molar-refractivity contribution in [2.24, 2.45) is 5.92 Å². The number of pyridine rings is 1. The average molecular weight is 256 g/mol. The number of rotatable bonds is 3. The van der Waals surface area contributed by atoms with Gasteiger partial charge in [-0.25, -0.2) is 4.98 Å². The zero-order valence-corrected chi connectivity index (χ0v) is 10.8. The van der Waals surface area contributed by atoms with Crippen LogP contribution in [0.2, 0.25) is 0 Å². The molecule has 19 heavy (non-hydrogen) atoms. The number of benzene rings is 1. The number of nitrogens with zero attached hydrogens (tertiary/aromatic N) is 2. The molecule has 0 unspecified atom stereocenters. The van der Waals surface area contributed by atoms with Crippen LogP contribution in [0.1, 0.15) is 12.0 Å². The first kappa shape index (κ1) is 12.0. The van der Waals surface area contributed by atoms with Crippen LogP contribution in [0.25, 0.3) is 10.9 Å². The number of hydrogen-bond donors (Lipinski definition) is 1. The van der Waals surface area contributed by atoms with Gasteiger partial charge < -0.3 is 10.0 Å². The van der Waals surface area contributed by atoms with Gasteiger partial charge in [-0.15, -0.1) is 0 Å². The quantitative estimate of drug-likeness (QED) is 0.916. The molecule has 1 aliphatic heterocycles. The van der Waals surface area contributed by atoms with Gasteiger partial charge in [0.05, 0.1) is 11.9 Å². The van der Waals surface area contributed by atoms with E-state index in [0.29, 0.717) is 0 Å². The van der Waals surface area contributed by atoms with Crippen molar-refractivity contribution in [1.82, 2.24) is 4.98 Å². The highest BCUT2D eigenvalue weighted by Gasteiger charge is 2.30. The minimum atomic E-state index is -0.715. The van der Waals surface area contributed by atoms with E-state index in [9.17, 15) is 4.79 Å². The topological polar surface area (TPSA) is 53.4 Å². The summed E-state index contributed by atoms with van der Waals surface area (Å²) in [5, 5.41) is 9.91. The summed E-state index contributed by atoms with van der Waals surface area (Å²) in [6.07, 6.45) is 0.253. The van der Waals surface area contributed by atoms with E-state index in [2.05, 4.69) is 28.9 Å². The second kappa shape index (κ2) is 4.53. The van der Waals surface area contributed by atoms with Gasteiger partial charge in [-0.3, -0.25) is 4.79 Å². The molecule has 0 aliphatic carbocycles. The zero-order chi connectivity index (χ0) is 13.4. The van der Waals surface area contributed by atoms with Crippen molar-refractivity contribution in [3.05, 3.63) is 35.9 Å². The van der Waals surface area contributed by atoms with E-state index >= 15 is 0 Å². The number of carboxylic acid groups (broad SMARTS) is 1. The van der Waals surface area contributed by atoms with Crippen LogP contribution in [0.15, 0.2) is 30.3 Å². The Morgan fingerprint density at radius 3 is 2.89 bits per heavy atom. The Kier molecular flexibility index (Phi) is 2.85. The number of aromatic nitrogens is 1. The molecule has 98 valence electrons. The van der Waals surface area contributed by atoms with Crippen LogP contribution in [-0.4, -0.2) is 29.1 Å². The van der Waals surface area contributed by atoms with Crippen LogP contribution in [0.4, 0.5) is 5.82 Å². The number of anilines is 1. The molecule has 0 saturated carbocycles. The summed E-state index contributed by atoms with van der Waals surface area (Å²) in [6, 6.07) is 10.2. The molecule has 1 aromatic carbocycles. The third-order valence-electron chi connectivity index (χ3n) is 3.61. The molecule has 1 aliphatic rings. The number of carbonyl (C=O) groups is 1. The Morgan fingerprint density at radius 2 is 2.16 bits per heavy atom. The highest BCUT2D eigenvalue weighted by Crippen LogP contribution is 2.29. The van der Waals surface area contributed by atoms with Gasteiger partial charge in [0.1, 0.15) is 5.82 Å². The summed E-state index contributed by atoms with van der Waals surface area (Å²) in [5.41, 5.74) is 2.14. The fourth-order valence-corrected chi connectivity index (χ4v) is 2.65. The SMILES string of the molecule is Cc1cc2ccccc2nc1N1CC(CC(=O)O)C1. The normalized spacial score (nSPS) is 15.5. The molecule has 0 spiro atoms. The maximum Gasteiger partial charge on any atom is 0.303 e. The van der Waals surface area contributed by atoms with Crippen LogP contribution >= 0.6 is 0 Å². The van der Waals surface area contributed by atoms with Crippen molar-refractivity contribution in [3.63, 3.8) is 0 Å². The lowest BCUT2D eigenvalue weighted by atomic mass is 9.96.